The fourth-order valence-corrected chi connectivity index (χ4v) is 16.7. The summed E-state index contributed by atoms with van der Waals surface area (Å²) < 4.78 is 24.2. The van der Waals surface area contributed by atoms with Gasteiger partial charge in [-0.15, -0.1) is 0 Å². The van der Waals surface area contributed by atoms with Crippen LogP contribution in [0.1, 0.15) is 141 Å². The second kappa shape index (κ2) is 33.7. The highest BCUT2D eigenvalue weighted by atomic mass is 79.9. The molecule has 4 saturated heterocycles. The third-order valence-electron chi connectivity index (χ3n) is 16.3. The Hall–Kier alpha value is -8.59. The number of likely N-dealkylation sites (tertiary alicyclic amines) is 2. The van der Waals surface area contributed by atoms with Gasteiger partial charge in [0.2, 0.25) is 23.6 Å². The molecule has 0 aliphatic carbocycles. The van der Waals surface area contributed by atoms with E-state index in [4.69, 9.17) is 17.7 Å². The quantitative estimate of drug-likeness (QED) is 0.0833. The van der Waals surface area contributed by atoms with Gasteiger partial charge in [0, 0.05) is 107 Å². The number of furan rings is 4. The topological polar surface area (TPSA) is 305 Å². The van der Waals surface area contributed by atoms with E-state index in [1.807, 2.05) is 78.2 Å². The van der Waals surface area contributed by atoms with Crippen LogP contribution in [0.15, 0.2) is 94.9 Å². The molecule has 8 amide bonds. The smallest absolute Gasteiger partial charge is 0.290 e. The number of hydrogen-bond donors (Lipinski definition) is 4. The van der Waals surface area contributed by atoms with Crippen molar-refractivity contribution in [3.8, 4) is 42.5 Å². The monoisotopic (exact) mass is 1530 g/mol. The van der Waals surface area contributed by atoms with Crippen LogP contribution in [0.4, 0.5) is 20.5 Å². The van der Waals surface area contributed by atoms with Crippen molar-refractivity contribution in [3.63, 3.8) is 0 Å². The summed E-state index contributed by atoms with van der Waals surface area (Å²) >= 11 is 10.7. The first kappa shape index (κ1) is 74.1. The van der Waals surface area contributed by atoms with Gasteiger partial charge >= 0.3 is 0 Å². The normalized spacial score (nSPS) is 16.1. The third-order valence-corrected chi connectivity index (χ3v) is 22.0. The lowest BCUT2D eigenvalue weighted by Crippen LogP contribution is -2.47. The number of halogens is 1. The molecular weight excluding hydrogens is 1440 g/mol. The van der Waals surface area contributed by atoms with Crippen molar-refractivity contribution in [2.24, 2.45) is 5.92 Å². The molecule has 31 heteroatoms. The average Bonchev–Trinajstić information content (AvgIpc) is 1.69. The number of thiazole rings is 4. The van der Waals surface area contributed by atoms with Crippen molar-refractivity contribution in [2.75, 3.05) is 98.7 Å². The molecule has 100 heavy (non-hydrogen) atoms. The van der Waals surface area contributed by atoms with E-state index in [9.17, 15) is 38.4 Å². The number of thioether (sulfide) groups is 1. The minimum atomic E-state index is -0.173. The summed E-state index contributed by atoms with van der Waals surface area (Å²) in [6, 6.07) is 22.1. The minimum Gasteiger partial charge on any atom is -0.450 e. The maximum atomic E-state index is 13.1. The van der Waals surface area contributed by atoms with Crippen LogP contribution in [0.2, 0.25) is 0 Å². The lowest BCUT2D eigenvalue weighted by atomic mass is 10.0. The van der Waals surface area contributed by atoms with Gasteiger partial charge < -0.3 is 63.4 Å². The van der Waals surface area contributed by atoms with Crippen molar-refractivity contribution in [3.05, 3.63) is 129 Å². The SMILES string of the molecule is CC(=O)Nc1nc(C)c(-c2ccc(C(=O)N3CCCC(C)C3)o2)s1.CC(=O)Nc1nc(C)c(-c2ccc(C(=O)N3CCCC3c3cccc(Br)c3)o2)s1.CC(=O)Nc1nc(C)c(-c2ccc(C(=O)N3CCN(C)CC3)o2)s1.CC(=O)Nc1nc(C)c(-c2ccc(C(=O)N3CCSCC3)o2)s1.[HH].[HH].[HH]. The van der Waals surface area contributed by atoms with Crippen molar-refractivity contribution in [2.45, 2.75) is 94.0 Å². The maximum absolute atomic E-state index is 13.1. The third kappa shape index (κ3) is 19.1. The molecule has 8 aromatic heterocycles. The van der Waals surface area contributed by atoms with Gasteiger partial charge in [-0.25, -0.2) is 19.9 Å². The molecule has 534 valence electrons. The molecule has 13 rings (SSSR count). The Morgan fingerprint density at radius 3 is 1.22 bits per heavy atom. The first-order chi connectivity index (χ1) is 47.8. The first-order valence-corrected chi connectivity index (χ1v) is 37.7. The molecule has 0 spiro atoms. The van der Waals surface area contributed by atoms with E-state index < -0.39 is 0 Å². The molecule has 4 fully saturated rings. The Labute approximate surface area is 611 Å². The number of aryl methyl sites for hydroxylation is 4. The molecule has 9 aromatic rings. The molecule has 0 bridgehead atoms. The summed E-state index contributed by atoms with van der Waals surface area (Å²) in [6.45, 7) is 22.3. The molecule has 4 N–H and O–H groups in total. The zero-order chi connectivity index (χ0) is 71.5. The second-order valence-electron chi connectivity index (χ2n) is 24.3. The number of amides is 8. The predicted octanol–water partition coefficient (Wildman–Crippen LogP) is 14.6. The van der Waals surface area contributed by atoms with Crippen molar-refractivity contribution >= 4 is 141 Å². The van der Waals surface area contributed by atoms with Crippen LogP contribution >= 0.6 is 73.0 Å². The highest BCUT2D eigenvalue weighted by Crippen LogP contribution is 2.40. The molecule has 2 unspecified atom stereocenters. The van der Waals surface area contributed by atoms with Crippen LogP contribution in [0, 0.1) is 33.6 Å². The molecular formula is C69H84BrN13O12S5. The summed E-state index contributed by atoms with van der Waals surface area (Å²) in [6.07, 6.45) is 4.10. The Bertz CT molecular complexity index is 4450. The minimum absolute atomic E-state index is 0. The summed E-state index contributed by atoms with van der Waals surface area (Å²) in [5.41, 5.74) is 4.16. The Kier molecular flexibility index (Phi) is 25.0. The zero-order valence-electron chi connectivity index (χ0n) is 57.0. The molecule has 1 aromatic carbocycles. The lowest BCUT2D eigenvalue weighted by molar-refractivity contribution is -0.115. The molecule has 25 nitrogen and oxygen atoms in total. The van der Waals surface area contributed by atoms with Gasteiger partial charge in [0.25, 0.3) is 23.6 Å². The Balaban J connectivity index is 0.000000191. The number of piperidine rings is 1. The lowest BCUT2D eigenvalue weighted by Gasteiger charge is -2.31. The number of nitrogens with zero attached hydrogens (tertiary/aromatic N) is 9. The van der Waals surface area contributed by atoms with Crippen LogP contribution in [0.5, 0.6) is 0 Å². The van der Waals surface area contributed by atoms with Gasteiger partial charge in [0.05, 0.1) is 48.3 Å². The van der Waals surface area contributed by atoms with E-state index >= 15 is 0 Å². The fraction of sp³-hybridized carbons (Fsp3) is 0.391. The van der Waals surface area contributed by atoms with Crippen LogP contribution in [-0.2, 0) is 19.2 Å². The van der Waals surface area contributed by atoms with Crippen LogP contribution in [-0.4, -0.2) is 169 Å². The highest BCUT2D eigenvalue weighted by molar-refractivity contribution is 9.10. The number of nitrogens with one attached hydrogen (secondary N) is 4. The van der Waals surface area contributed by atoms with Gasteiger partial charge in [-0.1, -0.05) is 80.3 Å². The molecule has 0 radical (unpaired) electrons. The highest BCUT2D eigenvalue weighted by Gasteiger charge is 2.34. The molecule has 4 aliphatic rings. The largest absolute Gasteiger partial charge is 0.450 e. The zero-order valence-corrected chi connectivity index (χ0v) is 62.7. The Morgan fingerprint density at radius 1 is 0.470 bits per heavy atom. The van der Waals surface area contributed by atoms with Crippen molar-refractivity contribution in [1.82, 2.24) is 44.4 Å². The Morgan fingerprint density at radius 2 is 0.840 bits per heavy atom. The van der Waals surface area contributed by atoms with E-state index in [0.717, 1.165) is 122 Å². The number of carbonyl (C=O) groups excluding carboxylic acids is 8. The van der Waals surface area contributed by atoms with Crippen molar-refractivity contribution in [1.29, 1.82) is 0 Å². The first-order valence-electron chi connectivity index (χ1n) is 32.5. The van der Waals surface area contributed by atoms with Gasteiger partial charge in [0.1, 0.15) is 23.0 Å². The van der Waals surface area contributed by atoms with Crippen molar-refractivity contribution < 1.29 is 60.3 Å². The van der Waals surface area contributed by atoms with Gasteiger partial charge in [-0.2, -0.15) is 11.8 Å². The number of likely N-dealkylation sites (N-methyl/N-ethyl adjacent to an activating group) is 1. The fourth-order valence-electron chi connectivity index (χ4n) is 11.4. The number of rotatable bonds is 13. The number of carbonyl (C=O) groups is 8. The molecule has 4 aliphatic heterocycles. The van der Waals surface area contributed by atoms with Crippen LogP contribution < -0.4 is 21.3 Å². The average molecular weight is 1530 g/mol. The van der Waals surface area contributed by atoms with E-state index in [0.29, 0.717) is 92.2 Å². The van der Waals surface area contributed by atoms with Gasteiger partial charge in [0.15, 0.2) is 43.6 Å². The maximum Gasteiger partial charge on any atom is 0.290 e. The molecule has 0 saturated carbocycles. The van der Waals surface area contributed by atoms with E-state index in [2.05, 4.69) is 81.1 Å². The second-order valence-corrected chi connectivity index (χ2v) is 30.5. The summed E-state index contributed by atoms with van der Waals surface area (Å²) in [5, 5.41) is 12.8. The summed E-state index contributed by atoms with van der Waals surface area (Å²) in [4.78, 5) is 125. The predicted molar refractivity (Wildman–Crippen MR) is 400 cm³/mol. The molecule has 2 atom stereocenters. The molecule has 12 heterocycles. The summed E-state index contributed by atoms with van der Waals surface area (Å²) in [7, 11) is 2.05. The van der Waals surface area contributed by atoms with E-state index in [-0.39, 0.29) is 57.6 Å². The number of hydrogen-bond acceptors (Lipinski definition) is 22. The van der Waals surface area contributed by atoms with Gasteiger partial charge in [-0.05, 0) is 133 Å². The van der Waals surface area contributed by atoms with E-state index in [1.54, 1.807) is 48.5 Å². The standard InChI is InChI=1S/C21H20BrN3O3S.C17H21N3O3S.C16H20N4O3S.C15H17N3O3S2.3H2/c1-12-19(29-21(23-12)24-13(2)26)17-8-9-18(28-17)20(27)25-10-4-7-16(25)14-5-3-6-15(22)11-14;1-10-5-4-8-20(9-10)16(22)14-7-6-13(23-14)15-11(2)18-17(24-15)19-12(3)21;1-10-14(24-16(17-10)18-11(2)21)12-4-5-13(23-12)15(22)20-8-6-19(3)7-9-20;1-9-13(23-15(16-9)17-10(2)19)11-3-4-12(21-11)14(20)18-5-7-22-8-6-18;;;/h3,5-6,8-9,11,16H,4,7,10H2,1-2H3,(H,23,24,26);6-7,10H,4-5,8-9H2,1-3H3,(H,18,19,21);4-5H,6-9H2,1-3H3,(H,17,18,21);3-4H,5-8H2,1-2H3,(H,16,17,19);3*1H. The van der Waals surface area contributed by atoms with Crippen LogP contribution in [0.3, 0.4) is 0 Å². The number of aromatic nitrogens is 4. The number of anilines is 4. The van der Waals surface area contributed by atoms with E-state index in [1.165, 1.54) is 79.5 Å². The van der Waals surface area contributed by atoms with Gasteiger partial charge in [-0.3, -0.25) is 38.4 Å². The number of benzene rings is 1. The van der Waals surface area contributed by atoms with Crippen LogP contribution in [0.25, 0.3) is 42.5 Å². The number of piperazine rings is 1. The summed E-state index contributed by atoms with van der Waals surface area (Å²) in [5.74, 6) is 5.22.